The zero-order valence-electron chi connectivity index (χ0n) is 16.5. The van der Waals surface area contributed by atoms with Gasteiger partial charge in [0, 0.05) is 39.8 Å². The van der Waals surface area contributed by atoms with E-state index in [1.165, 1.54) is 0 Å². The fourth-order valence-corrected chi connectivity index (χ4v) is 3.79. The highest BCUT2D eigenvalue weighted by Crippen LogP contribution is 2.33. The van der Waals surface area contributed by atoms with E-state index in [9.17, 15) is 9.59 Å². The summed E-state index contributed by atoms with van der Waals surface area (Å²) in [7, 11) is 0. The largest absolute Gasteiger partial charge is 0.339 e. The molecule has 5 heteroatoms. The Balaban J connectivity index is 2.29. The first-order valence-corrected chi connectivity index (χ1v) is 9.98. The molecule has 0 saturated heterocycles. The molecular formula is C23H25ClN2O2. The number of amides is 1. The number of carbonyl (C=O) groups is 2. The SMILES string of the molecule is CCCc1c(C(=O)C(C)C)c2ccc(NC=O)cc2n1Cc1ccccc1Cl. The van der Waals surface area contributed by atoms with Gasteiger partial charge in [-0.25, -0.2) is 0 Å². The first kappa shape index (κ1) is 20.2. The van der Waals surface area contributed by atoms with E-state index < -0.39 is 0 Å². The number of Topliss-reactive ketones (excluding diaryl/α,β-unsaturated/α-hetero) is 1. The maximum Gasteiger partial charge on any atom is 0.211 e. The van der Waals surface area contributed by atoms with E-state index in [0.717, 1.165) is 40.6 Å². The molecule has 1 heterocycles. The summed E-state index contributed by atoms with van der Waals surface area (Å²) in [4.78, 5) is 24.0. The minimum Gasteiger partial charge on any atom is -0.339 e. The molecule has 1 amide bonds. The third-order valence-electron chi connectivity index (χ3n) is 4.94. The summed E-state index contributed by atoms with van der Waals surface area (Å²) in [5.41, 5.74) is 4.44. The second-order valence-corrected chi connectivity index (χ2v) is 7.67. The molecule has 3 rings (SSSR count). The Kier molecular flexibility index (Phi) is 6.20. The van der Waals surface area contributed by atoms with Crippen molar-refractivity contribution in [2.24, 2.45) is 5.92 Å². The summed E-state index contributed by atoms with van der Waals surface area (Å²) < 4.78 is 2.17. The van der Waals surface area contributed by atoms with Crippen LogP contribution in [0.1, 0.15) is 48.8 Å². The lowest BCUT2D eigenvalue weighted by atomic mass is 9.96. The predicted molar refractivity (Wildman–Crippen MR) is 115 cm³/mol. The molecule has 0 radical (unpaired) electrons. The Labute approximate surface area is 170 Å². The number of nitrogens with zero attached hydrogens (tertiary/aromatic N) is 1. The molecule has 0 aliphatic heterocycles. The highest BCUT2D eigenvalue weighted by Gasteiger charge is 2.24. The summed E-state index contributed by atoms with van der Waals surface area (Å²) in [6.07, 6.45) is 2.38. The standard InChI is InChI=1S/C23H25ClN2O2/c1-4-7-20-22(23(28)15(2)3)18-11-10-17(25-14-27)12-21(18)26(20)13-16-8-5-6-9-19(16)24/h5-6,8-12,14-15H,4,7,13H2,1-3H3,(H,25,27). The Morgan fingerprint density at radius 1 is 1.21 bits per heavy atom. The lowest BCUT2D eigenvalue weighted by Gasteiger charge is -2.13. The number of carbonyl (C=O) groups excluding carboxylic acids is 2. The second-order valence-electron chi connectivity index (χ2n) is 7.26. The van der Waals surface area contributed by atoms with Gasteiger partial charge in [0.25, 0.3) is 0 Å². The predicted octanol–water partition coefficient (Wildman–Crippen LogP) is 5.70. The fraction of sp³-hybridized carbons (Fsp3) is 0.304. The Morgan fingerprint density at radius 3 is 2.61 bits per heavy atom. The zero-order valence-corrected chi connectivity index (χ0v) is 17.2. The molecule has 3 aromatic rings. The molecule has 0 aliphatic rings. The molecule has 0 spiro atoms. The molecular weight excluding hydrogens is 372 g/mol. The van der Waals surface area contributed by atoms with Crippen molar-refractivity contribution < 1.29 is 9.59 Å². The van der Waals surface area contributed by atoms with E-state index in [2.05, 4.69) is 16.8 Å². The Morgan fingerprint density at radius 2 is 1.96 bits per heavy atom. The zero-order chi connectivity index (χ0) is 20.3. The van der Waals surface area contributed by atoms with Crippen LogP contribution in [0.4, 0.5) is 5.69 Å². The first-order valence-electron chi connectivity index (χ1n) is 9.60. The van der Waals surface area contributed by atoms with E-state index >= 15 is 0 Å². The molecule has 0 saturated carbocycles. The van der Waals surface area contributed by atoms with Crippen LogP contribution in [-0.4, -0.2) is 16.8 Å². The minimum atomic E-state index is -0.0947. The molecule has 1 aromatic heterocycles. The summed E-state index contributed by atoms with van der Waals surface area (Å²) in [6, 6.07) is 13.4. The van der Waals surface area contributed by atoms with Gasteiger partial charge in [-0.1, -0.05) is 63.1 Å². The quantitative estimate of drug-likeness (QED) is 0.392. The van der Waals surface area contributed by atoms with Crippen molar-refractivity contribution in [1.29, 1.82) is 0 Å². The molecule has 0 aliphatic carbocycles. The number of ketones is 1. The topological polar surface area (TPSA) is 51.1 Å². The monoisotopic (exact) mass is 396 g/mol. The lowest BCUT2D eigenvalue weighted by Crippen LogP contribution is -2.12. The number of benzene rings is 2. The smallest absolute Gasteiger partial charge is 0.211 e. The Hall–Kier alpha value is -2.59. The second kappa shape index (κ2) is 8.61. The van der Waals surface area contributed by atoms with Crippen LogP contribution in [0.2, 0.25) is 5.02 Å². The minimum absolute atomic E-state index is 0.0947. The first-order chi connectivity index (χ1) is 13.5. The van der Waals surface area contributed by atoms with Crippen LogP contribution >= 0.6 is 11.6 Å². The summed E-state index contributed by atoms with van der Waals surface area (Å²) in [5.74, 6) is 0.0465. The number of aromatic nitrogens is 1. The number of anilines is 1. The average Bonchev–Trinajstić information content (AvgIpc) is 2.96. The summed E-state index contributed by atoms with van der Waals surface area (Å²) >= 11 is 6.42. The van der Waals surface area contributed by atoms with Gasteiger partial charge in [0.2, 0.25) is 6.41 Å². The number of hydrogen-bond donors (Lipinski definition) is 1. The number of nitrogens with one attached hydrogen (secondary N) is 1. The van der Waals surface area contributed by atoms with E-state index in [1.807, 2.05) is 56.3 Å². The van der Waals surface area contributed by atoms with Crippen molar-refractivity contribution >= 4 is 40.4 Å². The van der Waals surface area contributed by atoms with Gasteiger partial charge in [-0.3, -0.25) is 9.59 Å². The normalized spacial score (nSPS) is 11.2. The van der Waals surface area contributed by atoms with Crippen LogP contribution in [0.3, 0.4) is 0 Å². The van der Waals surface area contributed by atoms with Gasteiger partial charge in [0.1, 0.15) is 0 Å². The van der Waals surface area contributed by atoms with Crippen molar-refractivity contribution in [3.8, 4) is 0 Å². The van der Waals surface area contributed by atoms with Gasteiger partial charge in [-0.2, -0.15) is 0 Å². The van der Waals surface area contributed by atoms with E-state index in [-0.39, 0.29) is 11.7 Å². The van der Waals surface area contributed by atoms with Gasteiger partial charge in [-0.15, -0.1) is 0 Å². The molecule has 2 aromatic carbocycles. The maximum atomic E-state index is 13.1. The van der Waals surface area contributed by atoms with E-state index in [0.29, 0.717) is 23.7 Å². The molecule has 0 bridgehead atoms. The fourth-order valence-electron chi connectivity index (χ4n) is 3.60. The van der Waals surface area contributed by atoms with Crippen LogP contribution < -0.4 is 5.32 Å². The van der Waals surface area contributed by atoms with Crippen LogP contribution in [0.5, 0.6) is 0 Å². The summed E-state index contributed by atoms with van der Waals surface area (Å²) in [5, 5.41) is 4.33. The van der Waals surface area contributed by atoms with Gasteiger partial charge >= 0.3 is 0 Å². The summed E-state index contributed by atoms with van der Waals surface area (Å²) in [6.45, 7) is 6.54. The van der Waals surface area contributed by atoms with Crippen LogP contribution in [-0.2, 0) is 17.8 Å². The average molecular weight is 397 g/mol. The van der Waals surface area contributed by atoms with E-state index in [4.69, 9.17) is 11.6 Å². The number of fused-ring (bicyclic) bond motifs is 1. The Bertz CT molecular complexity index is 1020. The lowest BCUT2D eigenvalue weighted by molar-refractivity contribution is -0.105. The van der Waals surface area contributed by atoms with Gasteiger partial charge in [0.15, 0.2) is 5.78 Å². The molecule has 0 atom stereocenters. The molecule has 4 nitrogen and oxygen atoms in total. The van der Waals surface area contributed by atoms with Gasteiger partial charge < -0.3 is 9.88 Å². The highest BCUT2D eigenvalue weighted by atomic mass is 35.5. The number of rotatable bonds is 8. The van der Waals surface area contributed by atoms with Crippen molar-refractivity contribution in [3.63, 3.8) is 0 Å². The van der Waals surface area contributed by atoms with Crippen molar-refractivity contribution in [2.45, 2.75) is 40.2 Å². The van der Waals surface area contributed by atoms with Crippen molar-refractivity contribution in [3.05, 3.63) is 64.3 Å². The molecule has 28 heavy (non-hydrogen) atoms. The number of halogens is 1. The van der Waals surface area contributed by atoms with Crippen LogP contribution in [0, 0.1) is 5.92 Å². The molecule has 0 unspecified atom stereocenters. The maximum absolute atomic E-state index is 13.1. The third-order valence-corrected chi connectivity index (χ3v) is 5.31. The van der Waals surface area contributed by atoms with Gasteiger partial charge in [-0.05, 0) is 30.2 Å². The van der Waals surface area contributed by atoms with Crippen LogP contribution in [0.15, 0.2) is 42.5 Å². The molecule has 146 valence electrons. The number of hydrogen-bond acceptors (Lipinski definition) is 2. The van der Waals surface area contributed by atoms with Crippen LogP contribution in [0.25, 0.3) is 10.9 Å². The third kappa shape index (κ3) is 3.83. The van der Waals surface area contributed by atoms with Crippen molar-refractivity contribution in [1.82, 2.24) is 4.57 Å². The molecule has 1 N–H and O–H groups in total. The van der Waals surface area contributed by atoms with E-state index in [1.54, 1.807) is 0 Å². The van der Waals surface area contributed by atoms with Gasteiger partial charge in [0.05, 0.1) is 5.52 Å². The molecule has 0 fully saturated rings. The highest BCUT2D eigenvalue weighted by molar-refractivity contribution is 6.31. The van der Waals surface area contributed by atoms with Crippen molar-refractivity contribution in [2.75, 3.05) is 5.32 Å².